The van der Waals surface area contributed by atoms with Gasteiger partial charge in [0.05, 0.1) is 20.2 Å². The Hall–Kier alpha value is -1.54. The fraction of sp³-hybridized carbons (Fsp3) is 0.643. The number of furan rings is 1. The number of carbonyl (C=O) groups is 1. The molecule has 0 aliphatic carbocycles. The van der Waals surface area contributed by atoms with Crippen LogP contribution in [0.5, 0.6) is 0 Å². The van der Waals surface area contributed by atoms with Crippen molar-refractivity contribution >= 4 is 5.97 Å². The molecule has 124 valence electrons. The highest BCUT2D eigenvalue weighted by Gasteiger charge is 2.34. The molecule has 0 radical (unpaired) electrons. The lowest BCUT2D eigenvalue weighted by Gasteiger charge is -2.17. The van der Waals surface area contributed by atoms with Gasteiger partial charge in [-0.15, -0.1) is 0 Å². The number of rotatable bonds is 6. The van der Waals surface area contributed by atoms with Gasteiger partial charge < -0.3 is 14.5 Å². The van der Waals surface area contributed by atoms with E-state index in [9.17, 15) is 18.0 Å². The summed E-state index contributed by atoms with van der Waals surface area (Å²) in [7, 11) is 1.27. The van der Waals surface area contributed by atoms with Crippen molar-refractivity contribution in [1.29, 1.82) is 0 Å². The van der Waals surface area contributed by atoms with Gasteiger partial charge in [-0.3, -0.25) is 4.90 Å². The number of methoxy groups -OCH3 is 1. The molecule has 0 saturated carbocycles. The minimum Gasteiger partial charge on any atom is -0.463 e. The van der Waals surface area contributed by atoms with Crippen molar-refractivity contribution in [3.63, 3.8) is 0 Å². The summed E-state index contributed by atoms with van der Waals surface area (Å²) in [6.07, 6.45) is -3.39. The van der Waals surface area contributed by atoms with Gasteiger partial charge in [0.15, 0.2) is 0 Å². The van der Waals surface area contributed by atoms with E-state index in [4.69, 9.17) is 4.42 Å². The van der Waals surface area contributed by atoms with Crippen molar-refractivity contribution in [3.05, 3.63) is 23.7 Å². The Balaban J connectivity index is 1.69. The maximum absolute atomic E-state index is 12.3. The predicted octanol–water partition coefficient (Wildman–Crippen LogP) is 2.04. The zero-order chi connectivity index (χ0) is 16.2. The van der Waals surface area contributed by atoms with Crippen LogP contribution in [0.2, 0.25) is 0 Å². The van der Waals surface area contributed by atoms with Crippen LogP contribution in [0.4, 0.5) is 13.2 Å². The Bertz CT molecular complexity index is 502. The summed E-state index contributed by atoms with van der Waals surface area (Å²) in [4.78, 5) is 12.7. The fourth-order valence-electron chi connectivity index (χ4n) is 2.56. The average Bonchev–Trinajstić information content (AvgIpc) is 3.06. The van der Waals surface area contributed by atoms with E-state index >= 15 is 0 Å². The number of hydrogen-bond donors (Lipinski definition) is 1. The van der Waals surface area contributed by atoms with Crippen molar-refractivity contribution < 1.29 is 27.1 Å². The second-order valence-electron chi connectivity index (χ2n) is 5.39. The second-order valence-corrected chi connectivity index (χ2v) is 5.39. The lowest BCUT2D eigenvalue weighted by atomic mass is 10.1. The third-order valence-electron chi connectivity index (χ3n) is 3.55. The van der Waals surface area contributed by atoms with E-state index in [-0.39, 0.29) is 11.7 Å². The first-order valence-corrected chi connectivity index (χ1v) is 7.04. The number of ether oxygens (including phenoxy) is 1. The topological polar surface area (TPSA) is 54.7 Å². The van der Waals surface area contributed by atoms with Crippen molar-refractivity contribution in [1.82, 2.24) is 10.2 Å². The molecule has 22 heavy (non-hydrogen) atoms. The highest BCUT2D eigenvalue weighted by atomic mass is 19.4. The Morgan fingerprint density at radius 1 is 1.50 bits per heavy atom. The number of halogens is 3. The zero-order valence-electron chi connectivity index (χ0n) is 12.3. The van der Waals surface area contributed by atoms with E-state index in [1.165, 1.54) is 18.1 Å². The Kier molecular flexibility index (Phi) is 5.47. The molecule has 0 spiro atoms. The molecule has 1 aromatic rings. The lowest BCUT2D eigenvalue weighted by Crippen LogP contribution is -2.33. The summed E-state index contributed by atoms with van der Waals surface area (Å²) in [5.41, 5.74) is 0. The molecule has 1 N–H and O–H groups in total. The molecule has 1 aromatic heterocycles. The van der Waals surface area contributed by atoms with Crippen molar-refractivity contribution in [2.75, 3.05) is 33.3 Å². The summed E-state index contributed by atoms with van der Waals surface area (Å²) < 4.78 is 46.7. The van der Waals surface area contributed by atoms with Crippen LogP contribution in [0.3, 0.4) is 0 Å². The first-order chi connectivity index (χ1) is 10.4. The normalized spacial score (nSPS) is 19.5. The standard InChI is InChI=1S/C14H19F3N2O3/c1-21-13(20)12-3-2-11(22-12)7-18-6-10-4-5-19(8-10)9-14(15,16)17/h2-3,10,18H,4-9H2,1H3. The molecule has 8 heteroatoms. The molecule has 1 aliphatic rings. The number of nitrogens with zero attached hydrogens (tertiary/aromatic N) is 1. The van der Waals surface area contributed by atoms with Crippen LogP contribution in [0.15, 0.2) is 16.5 Å². The summed E-state index contributed by atoms with van der Waals surface area (Å²) in [5, 5.41) is 3.14. The van der Waals surface area contributed by atoms with Gasteiger partial charge in [0.25, 0.3) is 0 Å². The molecule has 1 unspecified atom stereocenters. The van der Waals surface area contributed by atoms with Gasteiger partial charge in [-0.1, -0.05) is 0 Å². The van der Waals surface area contributed by atoms with Gasteiger partial charge in [-0.25, -0.2) is 4.79 Å². The van der Waals surface area contributed by atoms with Gasteiger partial charge in [0, 0.05) is 6.54 Å². The van der Waals surface area contributed by atoms with Crippen molar-refractivity contribution in [2.24, 2.45) is 5.92 Å². The van der Waals surface area contributed by atoms with Gasteiger partial charge in [-0.2, -0.15) is 13.2 Å². The van der Waals surface area contributed by atoms with E-state index in [2.05, 4.69) is 10.1 Å². The Morgan fingerprint density at radius 3 is 2.95 bits per heavy atom. The highest BCUT2D eigenvalue weighted by molar-refractivity contribution is 5.86. The zero-order valence-corrected chi connectivity index (χ0v) is 12.3. The molecule has 5 nitrogen and oxygen atoms in total. The fourth-order valence-corrected chi connectivity index (χ4v) is 2.56. The van der Waals surface area contributed by atoms with E-state index in [0.29, 0.717) is 31.9 Å². The molecule has 1 aliphatic heterocycles. The molecule has 0 amide bonds. The molecule has 2 rings (SSSR count). The number of likely N-dealkylation sites (tertiary alicyclic amines) is 1. The van der Waals surface area contributed by atoms with E-state index in [1.807, 2.05) is 0 Å². The van der Waals surface area contributed by atoms with Gasteiger partial charge >= 0.3 is 12.1 Å². The first-order valence-electron chi connectivity index (χ1n) is 7.04. The number of carbonyl (C=O) groups excluding carboxylic acids is 1. The molecule has 0 aromatic carbocycles. The van der Waals surface area contributed by atoms with Crippen LogP contribution in [0.1, 0.15) is 22.7 Å². The monoisotopic (exact) mass is 320 g/mol. The number of nitrogens with one attached hydrogen (secondary N) is 1. The third-order valence-corrected chi connectivity index (χ3v) is 3.55. The number of alkyl halides is 3. The summed E-state index contributed by atoms with van der Waals surface area (Å²) in [6.45, 7) is 1.11. The molecular weight excluding hydrogens is 301 g/mol. The van der Waals surface area contributed by atoms with Crippen LogP contribution in [0.25, 0.3) is 0 Å². The van der Waals surface area contributed by atoms with Crippen LogP contribution in [-0.4, -0.2) is 50.3 Å². The van der Waals surface area contributed by atoms with Crippen LogP contribution < -0.4 is 5.32 Å². The summed E-state index contributed by atoms with van der Waals surface area (Å²) in [5.74, 6) is 0.379. The SMILES string of the molecule is COC(=O)c1ccc(CNCC2CCN(CC(F)(F)F)C2)o1. The van der Waals surface area contributed by atoms with E-state index in [0.717, 1.165) is 6.42 Å². The summed E-state index contributed by atoms with van der Waals surface area (Å²) in [6, 6.07) is 3.20. The minimum absolute atomic E-state index is 0.136. The van der Waals surface area contributed by atoms with Crippen molar-refractivity contribution in [3.8, 4) is 0 Å². The molecule has 1 fully saturated rings. The lowest BCUT2D eigenvalue weighted by molar-refractivity contribution is -0.143. The van der Waals surface area contributed by atoms with E-state index in [1.54, 1.807) is 6.07 Å². The Labute approximate surface area is 126 Å². The molecule has 0 bridgehead atoms. The van der Waals surface area contributed by atoms with Gasteiger partial charge in [0.1, 0.15) is 5.76 Å². The molecule has 2 heterocycles. The first kappa shape index (κ1) is 16.8. The van der Waals surface area contributed by atoms with Crippen molar-refractivity contribution in [2.45, 2.75) is 19.1 Å². The van der Waals surface area contributed by atoms with Crippen LogP contribution in [0, 0.1) is 5.92 Å². The third kappa shape index (κ3) is 5.03. The van der Waals surface area contributed by atoms with Crippen LogP contribution >= 0.6 is 0 Å². The predicted molar refractivity (Wildman–Crippen MR) is 72.4 cm³/mol. The Morgan fingerprint density at radius 2 is 2.27 bits per heavy atom. The molecule has 1 atom stereocenters. The van der Waals surface area contributed by atoms with Crippen LogP contribution in [-0.2, 0) is 11.3 Å². The second kappa shape index (κ2) is 7.15. The maximum atomic E-state index is 12.3. The van der Waals surface area contributed by atoms with E-state index < -0.39 is 18.7 Å². The largest absolute Gasteiger partial charge is 0.463 e. The summed E-state index contributed by atoms with van der Waals surface area (Å²) >= 11 is 0. The molecular formula is C14H19F3N2O3. The average molecular weight is 320 g/mol. The minimum atomic E-state index is -4.14. The maximum Gasteiger partial charge on any atom is 0.401 e. The smallest absolute Gasteiger partial charge is 0.401 e. The number of esters is 1. The quantitative estimate of drug-likeness (QED) is 0.813. The highest BCUT2D eigenvalue weighted by Crippen LogP contribution is 2.22. The van der Waals surface area contributed by atoms with Gasteiger partial charge in [-0.05, 0) is 37.6 Å². The molecule has 1 saturated heterocycles. The van der Waals surface area contributed by atoms with Gasteiger partial charge in [0.2, 0.25) is 5.76 Å². The number of hydrogen-bond acceptors (Lipinski definition) is 5.